The Labute approximate surface area is 101 Å². The summed E-state index contributed by atoms with van der Waals surface area (Å²) in [7, 11) is 1.52. The summed E-state index contributed by atoms with van der Waals surface area (Å²) in [5, 5.41) is 10.6. The third-order valence-electron chi connectivity index (χ3n) is 2.88. The average molecular weight is 241 g/mol. The van der Waals surface area contributed by atoms with Crippen LogP contribution in [0.15, 0.2) is 18.2 Å². The Morgan fingerprint density at radius 1 is 1.47 bits per heavy atom. The van der Waals surface area contributed by atoms with E-state index < -0.39 is 5.60 Å². The highest BCUT2D eigenvalue weighted by atomic mass is 19.1. The lowest BCUT2D eigenvalue weighted by molar-refractivity contribution is -0.0435. The van der Waals surface area contributed by atoms with Gasteiger partial charge in [-0.3, -0.25) is 0 Å². The first kappa shape index (κ1) is 14.1. The molecule has 0 aromatic heterocycles. The predicted molar refractivity (Wildman–Crippen MR) is 65.2 cm³/mol. The molecule has 1 aromatic carbocycles. The second-order valence-corrected chi connectivity index (χ2v) is 4.32. The zero-order chi connectivity index (χ0) is 12.9. The Morgan fingerprint density at radius 3 is 2.76 bits per heavy atom. The quantitative estimate of drug-likeness (QED) is 0.797. The van der Waals surface area contributed by atoms with Crippen LogP contribution in [0, 0.1) is 12.7 Å². The van der Waals surface area contributed by atoms with Crippen molar-refractivity contribution in [3.05, 3.63) is 35.1 Å². The maximum Gasteiger partial charge on any atom is 0.123 e. The summed E-state index contributed by atoms with van der Waals surface area (Å²) in [6, 6.07) is 4.41. The molecule has 1 unspecified atom stereocenters. The van der Waals surface area contributed by atoms with Crippen molar-refractivity contribution in [2.75, 3.05) is 20.3 Å². The lowest BCUT2D eigenvalue weighted by Gasteiger charge is -2.29. The topological polar surface area (TPSA) is 55.5 Å². The molecule has 0 radical (unpaired) electrons. The summed E-state index contributed by atoms with van der Waals surface area (Å²) in [4.78, 5) is 0. The molecule has 0 fully saturated rings. The molecule has 1 aromatic rings. The number of benzene rings is 1. The monoisotopic (exact) mass is 241 g/mol. The van der Waals surface area contributed by atoms with E-state index in [1.165, 1.54) is 19.2 Å². The molecule has 0 aliphatic heterocycles. The molecular formula is C13H20FNO2. The fraction of sp³-hybridized carbons (Fsp3) is 0.538. The van der Waals surface area contributed by atoms with E-state index in [2.05, 4.69) is 0 Å². The van der Waals surface area contributed by atoms with Gasteiger partial charge in [-0.05, 0) is 49.6 Å². The molecule has 0 saturated heterocycles. The summed E-state index contributed by atoms with van der Waals surface area (Å²) in [6.07, 6.45) is 1.12. The van der Waals surface area contributed by atoms with Crippen molar-refractivity contribution < 1.29 is 14.2 Å². The molecule has 0 heterocycles. The van der Waals surface area contributed by atoms with E-state index in [-0.39, 0.29) is 12.4 Å². The van der Waals surface area contributed by atoms with Gasteiger partial charge in [-0.2, -0.15) is 0 Å². The molecule has 4 heteroatoms. The molecule has 0 amide bonds. The minimum absolute atomic E-state index is 0.136. The standard InChI is InChI=1S/C13H20FNO2/c1-10-4-5-11(14)8-12(10)13(16,9-17-2)6-3-7-15/h4-5,8,16H,3,6-7,9,15H2,1-2H3. The second kappa shape index (κ2) is 6.10. The minimum Gasteiger partial charge on any atom is -0.383 e. The van der Waals surface area contributed by atoms with E-state index in [1.807, 2.05) is 6.92 Å². The van der Waals surface area contributed by atoms with E-state index in [4.69, 9.17) is 10.5 Å². The largest absolute Gasteiger partial charge is 0.383 e. The van der Waals surface area contributed by atoms with Crippen LogP contribution in [-0.2, 0) is 10.3 Å². The number of ether oxygens (including phenoxy) is 1. The third-order valence-corrected chi connectivity index (χ3v) is 2.88. The summed E-state index contributed by atoms with van der Waals surface area (Å²) >= 11 is 0. The Bertz CT molecular complexity index is 370. The van der Waals surface area contributed by atoms with Gasteiger partial charge in [0.2, 0.25) is 0 Å². The Kier molecular flexibility index (Phi) is 5.05. The number of hydrogen-bond donors (Lipinski definition) is 2. The molecule has 1 atom stereocenters. The van der Waals surface area contributed by atoms with E-state index in [0.717, 1.165) is 5.56 Å². The summed E-state index contributed by atoms with van der Waals surface area (Å²) < 4.78 is 18.3. The first-order chi connectivity index (χ1) is 8.03. The van der Waals surface area contributed by atoms with Gasteiger partial charge in [0.25, 0.3) is 0 Å². The lowest BCUT2D eigenvalue weighted by Crippen LogP contribution is -2.33. The van der Waals surface area contributed by atoms with Gasteiger partial charge in [0.1, 0.15) is 11.4 Å². The Hall–Kier alpha value is -0.970. The van der Waals surface area contributed by atoms with E-state index in [0.29, 0.717) is 24.9 Å². The van der Waals surface area contributed by atoms with E-state index in [9.17, 15) is 9.50 Å². The first-order valence-electron chi connectivity index (χ1n) is 5.71. The van der Waals surface area contributed by atoms with Crippen LogP contribution in [0.5, 0.6) is 0 Å². The van der Waals surface area contributed by atoms with Crippen LogP contribution in [0.2, 0.25) is 0 Å². The number of nitrogens with two attached hydrogens (primary N) is 1. The highest BCUT2D eigenvalue weighted by Crippen LogP contribution is 2.30. The van der Waals surface area contributed by atoms with Crippen molar-refractivity contribution in [1.29, 1.82) is 0 Å². The number of halogens is 1. The minimum atomic E-state index is -1.17. The lowest BCUT2D eigenvalue weighted by atomic mass is 9.87. The molecule has 0 aliphatic rings. The molecule has 1 rings (SSSR count). The van der Waals surface area contributed by atoms with E-state index >= 15 is 0 Å². The fourth-order valence-corrected chi connectivity index (χ4v) is 2.01. The third kappa shape index (κ3) is 3.49. The van der Waals surface area contributed by atoms with Crippen LogP contribution in [0.3, 0.4) is 0 Å². The van der Waals surface area contributed by atoms with Gasteiger partial charge in [-0.25, -0.2) is 4.39 Å². The second-order valence-electron chi connectivity index (χ2n) is 4.32. The van der Waals surface area contributed by atoms with Crippen molar-refractivity contribution in [1.82, 2.24) is 0 Å². The zero-order valence-electron chi connectivity index (χ0n) is 10.4. The molecule has 0 spiro atoms. The van der Waals surface area contributed by atoms with Gasteiger partial charge in [-0.15, -0.1) is 0 Å². The molecule has 3 nitrogen and oxygen atoms in total. The van der Waals surface area contributed by atoms with Crippen LogP contribution in [0.25, 0.3) is 0 Å². The number of rotatable bonds is 6. The van der Waals surface area contributed by atoms with E-state index in [1.54, 1.807) is 6.07 Å². The van der Waals surface area contributed by atoms with Crippen molar-refractivity contribution in [3.63, 3.8) is 0 Å². The number of hydrogen-bond acceptors (Lipinski definition) is 3. The maximum atomic E-state index is 13.3. The van der Waals surface area contributed by atoms with Crippen molar-refractivity contribution >= 4 is 0 Å². The van der Waals surface area contributed by atoms with Crippen molar-refractivity contribution in [3.8, 4) is 0 Å². The summed E-state index contributed by atoms with van der Waals surface area (Å²) in [6.45, 7) is 2.47. The molecule has 0 aliphatic carbocycles. The normalized spacial score (nSPS) is 14.6. The van der Waals surface area contributed by atoms with Crippen LogP contribution in [-0.4, -0.2) is 25.4 Å². The molecule has 3 N–H and O–H groups in total. The summed E-state index contributed by atoms with van der Waals surface area (Å²) in [5.74, 6) is -0.354. The first-order valence-corrected chi connectivity index (χ1v) is 5.71. The fourth-order valence-electron chi connectivity index (χ4n) is 2.01. The number of methoxy groups -OCH3 is 1. The van der Waals surface area contributed by atoms with Gasteiger partial charge in [0.05, 0.1) is 6.61 Å². The average Bonchev–Trinajstić information content (AvgIpc) is 2.30. The zero-order valence-corrected chi connectivity index (χ0v) is 10.4. The van der Waals surface area contributed by atoms with Gasteiger partial charge in [-0.1, -0.05) is 6.07 Å². The molecule has 0 bridgehead atoms. The van der Waals surface area contributed by atoms with Crippen molar-refractivity contribution in [2.24, 2.45) is 5.73 Å². The maximum absolute atomic E-state index is 13.3. The summed E-state index contributed by atoms with van der Waals surface area (Å²) in [5.41, 5.74) is 5.71. The molecule has 96 valence electrons. The van der Waals surface area contributed by atoms with Gasteiger partial charge in [0, 0.05) is 7.11 Å². The molecule has 17 heavy (non-hydrogen) atoms. The van der Waals surface area contributed by atoms with Crippen LogP contribution >= 0.6 is 0 Å². The Morgan fingerprint density at radius 2 is 2.18 bits per heavy atom. The van der Waals surface area contributed by atoms with Crippen LogP contribution < -0.4 is 5.73 Å². The van der Waals surface area contributed by atoms with Gasteiger partial charge < -0.3 is 15.6 Å². The molecule has 0 saturated carbocycles. The Balaban J connectivity index is 3.07. The SMILES string of the molecule is COCC(O)(CCCN)c1cc(F)ccc1C. The van der Waals surface area contributed by atoms with Crippen molar-refractivity contribution in [2.45, 2.75) is 25.4 Å². The molecular weight excluding hydrogens is 221 g/mol. The highest BCUT2D eigenvalue weighted by molar-refractivity contribution is 5.32. The smallest absolute Gasteiger partial charge is 0.123 e. The number of aryl methyl sites for hydroxylation is 1. The van der Waals surface area contributed by atoms with Crippen LogP contribution in [0.1, 0.15) is 24.0 Å². The van der Waals surface area contributed by atoms with Gasteiger partial charge in [0.15, 0.2) is 0 Å². The highest BCUT2D eigenvalue weighted by Gasteiger charge is 2.30. The predicted octanol–water partition coefficient (Wildman–Crippen LogP) is 1.71. The number of aliphatic hydroxyl groups is 1. The van der Waals surface area contributed by atoms with Crippen LogP contribution in [0.4, 0.5) is 4.39 Å². The van der Waals surface area contributed by atoms with Gasteiger partial charge >= 0.3 is 0 Å².